The molecule has 7 heteroatoms. The molecule has 1 aromatic rings. The average molecular weight is 322 g/mol. The van der Waals surface area contributed by atoms with Crippen LogP contribution in [0, 0.1) is 0 Å². The van der Waals surface area contributed by atoms with Crippen molar-refractivity contribution in [3.8, 4) is 0 Å². The minimum absolute atomic E-state index is 0.0115. The summed E-state index contributed by atoms with van der Waals surface area (Å²) < 4.78 is -3.78. The Hall–Kier alpha value is 0.140. The van der Waals surface area contributed by atoms with Gasteiger partial charge in [-0.3, -0.25) is 0 Å². The van der Waals surface area contributed by atoms with Crippen LogP contribution in [0.25, 0.3) is 0 Å². The molecule has 0 unspecified atom stereocenters. The summed E-state index contributed by atoms with van der Waals surface area (Å²) >= 11 is 28.6. The topological polar surface area (TPSA) is 37.3 Å². The van der Waals surface area contributed by atoms with Gasteiger partial charge in [-0.15, -0.1) is 0 Å². The van der Waals surface area contributed by atoms with Crippen LogP contribution < -0.4 is 0 Å². The quantitative estimate of drug-likeness (QED) is 0.820. The minimum Gasteiger partial charge on any atom is -0.478 e. The van der Waals surface area contributed by atoms with Crippen molar-refractivity contribution >= 4 is 64.0 Å². The van der Waals surface area contributed by atoms with Crippen LogP contribution >= 0.6 is 58.0 Å². The molecule has 0 spiro atoms. The zero-order chi connectivity index (χ0) is 12.6. The summed E-state index contributed by atoms with van der Waals surface area (Å²) in [5, 5.41) is 8.79. The average Bonchev–Trinajstić information content (AvgIpc) is 2.16. The van der Waals surface area contributed by atoms with E-state index >= 15 is 0 Å². The predicted molar refractivity (Wildman–Crippen MR) is 67.1 cm³/mol. The Bertz CT molecular complexity index is 411. The third kappa shape index (κ3) is 2.88. The number of carbonyl (C=O) groups is 1. The second-order valence-corrected chi connectivity index (χ2v) is 6.57. The van der Waals surface area contributed by atoms with Crippen LogP contribution in [0.5, 0.6) is 0 Å². The summed E-state index contributed by atoms with van der Waals surface area (Å²) in [6, 6.07) is 5.58. The standard InChI is InChI=1S/C9H5Cl5O2/c10-8(11,9(12,13)14)6-3-1-2-5(4-6)7(15)16/h1-4H,(H,15,16). The highest BCUT2D eigenvalue weighted by Gasteiger charge is 2.47. The summed E-state index contributed by atoms with van der Waals surface area (Å²) in [5.41, 5.74) is 0.216. The van der Waals surface area contributed by atoms with E-state index < -0.39 is 14.1 Å². The number of aromatic carboxylic acids is 1. The maximum atomic E-state index is 10.7. The van der Waals surface area contributed by atoms with Gasteiger partial charge in [0.15, 0.2) is 4.33 Å². The molecule has 0 amide bonds. The molecule has 0 heterocycles. The first-order valence-electron chi connectivity index (χ1n) is 3.94. The molecule has 0 aliphatic rings. The number of benzene rings is 1. The maximum Gasteiger partial charge on any atom is 0.335 e. The lowest BCUT2D eigenvalue weighted by molar-refractivity contribution is 0.0697. The third-order valence-corrected chi connectivity index (χ3v) is 4.26. The highest BCUT2D eigenvalue weighted by molar-refractivity contribution is 6.75. The van der Waals surface area contributed by atoms with Crippen molar-refractivity contribution in [2.45, 2.75) is 8.13 Å². The molecule has 0 aliphatic carbocycles. The van der Waals surface area contributed by atoms with Crippen molar-refractivity contribution in [1.82, 2.24) is 0 Å². The number of carboxylic acids is 1. The van der Waals surface area contributed by atoms with Crippen LogP contribution in [0.3, 0.4) is 0 Å². The number of carboxylic acid groups (broad SMARTS) is 1. The minimum atomic E-state index is -1.97. The van der Waals surface area contributed by atoms with E-state index in [-0.39, 0.29) is 11.1 Å². The molecule has 0 atom stereocenters. The van der Waals surface area contributed by atoms with Gasteiger partial charge in [0.05, 0.1) is 5.56 Å². The first kappa shape index (κ1) is 14.2. The summed E-state index contributed by atoms with van der Waals surface area (Å²) in [7, 11) is 0. The molecule has 0 aliphatic heterocycles. The fraction of sp³-hybridized carbons (Fsp3) is 0.222. The van der Waals surface area contributed by atoms with Gasteiger partial charge in [0.1, 0.15) is 0 Å². The summed E-state index contributed by atoms with van der Waals surface area (Å²) in [6.45, 7) is 0. The lowest BCUT2D eigenvalue weighted by Gasteiger charge is -2.27. The molecular formula is C9H5Cl5O2. The van der Waals surface area contributed by atoms with E-state index in [0.717, 1.165) is 0 Å². The zero-order valence-electron chi connectivity index (χ0n) is 7.55. The molecule has 0 radical (unpaired) electrons. The maximum absolute atomic E-state index is 10.7. The number of hydrogen-bond donors (Lipinski definition) is 1. The summed E-state index contributed by atoms with van der Waals surface area (Å²) in [5.74, 6) is -1.12. The number of hydrogen-bond acceptors (Lipinski definition) is 1. The van der Waals surface area contributed by atoms with Crippen LogP contribution in [0.4, 0.5) is 0 Å². The Morgan fingerprint density at radius 1 is 1.12 bits per heavy atom. The Labute approximate surface area is 117 Å². The van der Waals surface area contributed by atoms with Crippen LogP contribution in [-0.4, -0.2) is 14.9 Å². The largest absolute Gasteiger partial charge is 0.478 e. The van der Waals surface area contributed by atoms with Crippen molar-refractivity contribution in [3.05, 3.63) is 35.4 Å². The van der Waals surface area contributed by atoms with Gasteiger partial charge in [-0.25, -0.2) is 4.79 Å². The Morgan fingerprint density at radius 2 is 1.69 bits per heavy atom. The first-order valence-corrected chi connectivity index (χ1v) is 5.83. The summed E-state index contributed by atoms with van der Waals surface area (Å²) in [4.78, 5) is 10.7. The van der Waals surface area contributed by atoms with Crippen molar-refractivity contribution in [2.24, 2.45) is 0 Å². The van der Waals surface area contributed by atoms with E-state index in [4.69, 9.17) is 63.1 Å². The van der Waals surface area contributed by atoms with E-state index in [1.54, 1.807) is 0 Å². The van der Waals surface area contributed by atoms with Crippen LogP contribution in [-0.2, 0) is 4.33 Å². The van der Waals surface area contributed by atoms with Crippen molar-refractivity contribution in [2.75, 3.05) is 0 Å². The van der Waals surface area contributed by atoms with Crippen LogP contribution in [0.2, 0.25) is 0 Å². The van der Waals surface area contributed by atoms with Crippen LogP contribution in [0.15, 0.2) is 24.3 Å². The van der Waals surface area contributed by atoms with Gasteiger partial charge >= 0.3 is 5.97 Å². The summed E-state index contributed by atoms with van der Waals surface area (Å²) in [6.07, 6.45) is 0. The van der Waals surface area contributed by atoms with E-state index in [1.807, 2.05) is 0 Å². The van der Waals surface area contributed by atoms with Crippen molar-refractivity contribution in [3.63, 3.8) is 0 Å². The van der Waals surface area contributed by atoms with Gasteiger partial charge in [0.2, 0.25) is 3.79 Å². The lowest BCUT2D eigenvalue weighted by atomic mass is 10.1. The monoisotopic (exact) mass is 320 g/mol. The Morgan fingerprint density at radius 3 is 2.12 bits per heavy atom. The molecule has 1 N–H and O–H groups in total. The fourth-order valence-electron chi connectivity index (χ4n) is 1.01. The Kier molecular flexibility index (Phi) is 4.25. The Balaban J connectivity index is 3.24. The van der Waals surface area contributed by atoms with Gasteiger partial charge < -0.3 is 5.11 Å². The van der Waals surface area contributed by atoms with Crippen molar-refractivity contribution < 1.29 is 9.90 Å². The smallest absolute Gasteiger partial charge is 0.335 e. The lowest BCUT2D eigenvalue weighted by Crippen LogP contribution is -2.28. The van der Waals surface area contributed by atoms with Crippen molar-refractivity contribution in [1.29, 1.82) is 0 Å². The molecule has 1 aromatic carbocycles. The van der Waals surface area contributed by atoms with E-state index in [1.165, 1.54) is 24.3 Å². The van der Waals surface area contributed by atoms with Gasteiger partial charge in [0.25, 0.3) is 0 Å². The second kappa shape index (κ2) is 4.79. The van der Waals surface area contributed by atoms with E-state index in [2.05, 4.69) is 0 Å². The third-order valence-electron chi connectivity index (χ3n) is 1.83. The SMILES string of the molecule is O=C(O)c1cccc(C(Cl)(Cl)C(Cl)(Cl)Cl)c1. The van der Waals surface area contributed by atoms with E-state index in [9.17, 15) is 4.79 Å². The highest BCUT2D eigenvalue weighted by atomic mass is 35.6. The molecule has 1 rings (SSSR count). The molecular weight excluding hydrogens is 317 g/mol. The highest BCUT2D eigenvalue weighted by Crippen LogP contribution is 2.52. The van der Waals surface area contributed by atoms with Gasteiger partial charge in [-0.1, -0.05) is 70.1 Å². The molecule has 0 bridgehead atoms. The molecule has 0 saturated heterocycles. The molecule has 16 heavy (non-hydrogen) atoms. The normalized spacial score (nSPS) is 12.6. The second-order valence-electron chi connectivity index (χ2n) is 2.96. The zero-order valence-corrected chi connectivity index (χ0v) is 11.3. The van der Waals surface area contributed by atoms with E-state index in [0.29, 0.717) is 0 Å². The predicted octanol–water partition coefficient (Wildman–Crippen LogP) is 4.39. The molecule has 0 aromatic heterocycles. The molecule has 88 valence electrons. The van der Waals surface area contributed by atoms with Gasteiger partial charge in [-0.05, 0) is 17.7 Å². The molecule has 0 saturated carbocycles. The number of rotatable bonds is 2. The fourth-order valence-corrected chi connectivity index (χ4v) is 1.57. The molecule has 2 nitrogen and oxygen atoms in total. The van der Waals surface area contributed by atoms with Gasteiger partial charge in [0, 0.05) is 0 Å². The first-order chi connectivity index (χ1) is 7.16. The number of halogens is 5. The van der Waals surface area contributed by atoms with Gasteiger partial charge in [-0.2, -0.15) is 0 Å². The number of alkyl halides is 5. The molecule has 0 fully saturated rings. The van der Waals surface area contributed by atoms with Crippen LogP contribution in [0.1, 0.15) is 15.9 Å².